The topological polar surface area (TPSA) is 46.7 Å². The van der Waals surface area contributed by atoms with Crippen LogP contribution in [-0.4, -0.2) is 22.8 Å². The quantitative estimate of drug-likeness (QED) is 0.660. The van der Waals surface area contributed by atoms with E-state index < -0.39 is 0 Å². The van der Waals surface area contributed by atoms with E-state index in [2.05, 4.69) is 6.07 Å². The molecule has 2 N–H and O–H groups in total. The Bertz CT molecular complexity index is 1180. The zero-order chi connectivity index (χ0) is 21.4. The molecule has 2 bridgehead atoms. The van der Waals surface area contributed by atoms with Crippen molar-refractivity contribution >= 4 is 23.8 Å². The molecule has 1 unspecified atom stereocenters. The minimum absolute atomic E-state index is 0.0987. The van der Waals surface area contributed by atoms with Gasteiger partial charge in [0.05, 0.1) is 13.1 Å². The number of halogens is 1. The number of nitrogens with zero attached hydrogens (tertiary/aromatic N) is 1. The maximum Gasteiger partial charge on any atom is 0.258 e. The van der Waals surface area contributed by atoms with E-state index >= 15 is 0 Å². The van der Waals surface area contributed by atoms with Crippen molar-refractivity contribution in [1.29, 1.82) is 0 Å². The summed E-state index contributed by atoms with van der Waals surface area (Å²) in [7, 11) is 0. The number of fused-ring (bicyclic) bond motifs is 4. The van der Waals surface area contributed by atoms with Crippen molar-refractivity contribution in [2.75, 3.05) is 13.1 Å². The van der Waals surface area contributed by atoms with Gasteiger partial charge in [-0.05, 0) is 54.5 Å². The van der Waals surface area contributed by atoms with E-state index in [1.165, 1.54) is 4.90 Å². The summed E-state index contributed by atoms with van der Waals surface area (Å²) in [6.07, 6.45) is 5.00. The van der Waals surface area contributed by atoms with Crippen LogP contribution in [0.25, 0.3) is 12.2 Å². The SMILES string of the molecule is O=c1c(/C=C/c2ccc(Cl)cc2)ccc2n1C[C@H]1C[C@@H]2C[NH+](Cc2ccccc2O)C1. The molecule has 0 spiro atoms. The molecule has 5 heteroatoms. The van der Waals surface area contributed by atoms with Crippen LogP contribution in [0, 0.1) is 5.92 Å². The maximum absolute atomic E-state index is 13.2. The standard InChI is InChI=1S/C26H25ClN2O2/c27-23-10-6-18(7-11-23)5-8-20-9-12-24-22-13-19(15-29(24)26(20)31)14-28(17-22)16-21-3-1-2-4-25(21)30/h1-12,19,22,30H,13-17H2/p+1/b8-5+/t19-,22+/m0/s1. The molecule has 4 nitrogen and oxygen atoms in total. The molecule has 5 rings (SSSR count). The highest BCUT2D eigenvalue weighted by molar-refractivity contribution is 6.30. The van der Waals surface area contributed by atoms with Gasteiger partial charge in [0, 0.05) is 40.2 Å². The van der Waals surface area contributed by atoms with Crippen molar-refractivity contribution in [3.63, 3.8) is 0 Å². The van der Waals surface area contributed by atoms with E-state index in [-0.39, 0.29) is 5.56 Å². The first-order valence-electron chi connectivity index (χ1n) is 10.8. The average molecular weight is 434 g/mol. The summed E-state index contributed by atoms with van der Waals surface area (Å²) in [5.41, 5.74) is 3.99. The predicted molar refractivity (Wildman–Crippen MR) is 124 cm³/mol. The van der Waals surface area contributed by atoms with Crippen molar-refractivity contribution in [2.24, 2.45) is 5.92 Å². The van der Waals surface area contributed by atoms with Gasteiger partial charge >= 0.3 is 0 Å². The number of likely N-dealkylation sites (tertiary alicyclic amines) is 1. The van der Waals surface area contributed by atoms with Gasteiger partial charge in [0.2, 0.25) is 0 Å². The molecule has 0 saturated carbocycles. The van der Waals surface area contributed by atoms with Gasteiger partial charge in [0.1, 0.15) is 12.3 Å². The highest BCUT2D eigenvalue weighted by atomic mass is 35.5. The first-order valence-corrected chi connectivity index (χ1v) is 11.2. The zero-order valence-electron chi connectivity index (χ0n) is 17.3. The lowest BCUT2D eigenvalue weighted by molar-refractivity contribution is -0.924. The lowest BCUT2D eigenvalue weighted by Crippen LogP contribution is -3.13. The normalized spacial score (nSPS) is 22.4. The summed E-state index contributed by atoms with van der Waals surface area (Å²) >= 11 is 5.95. The Kier molecular flexibility index (Phi) is 5.43. The number of benzene rings is 2. The molecular weight excluding hydrogens is 408 g/mol. The highest BCUT2D eigenvalue weighted by Gasteiger charge is 2.37. The second kappa shape index (κ2) is 8.37. The number of quaternary nitrogens is 1. The zero-order valence-corrected chi connectivity index (χ0v) is 18.1. The molecule has 1 aromatic heterocycles. The van der Waals surface area contributed by atoms with Gasteiger partial charge in [0.15, 0.2) is 0 Å². The number of phenolic OH excluding ortho intramolecular Hbond substituents is 1. The Morgan fingerprint density at radius 2 is 1.84 bits per heavy atom. The number of hydrogen-bond acceptors (Lipinski definition) is 2. The first-order chi connectivity index (χ1) is 15.1. The van der Waals surface area contributed by atoms with Gasteiger partial charge in [-0.1, -0.05) is 41.9 Å². The Balaban J connectivity index is 1.37. The van der Waals surface area contributed by atoms with E-state index in [9.17, 15) is 9.90 Å². The van der Waals surface area contributed by atoms with Gasteiger partial charge in [-0.3, -0.25) is 4.79 Å². The lowest BCUT2D eigenvalue weighted by atomic mass is 9.82. The summed E-state index contributed by atoms with van der Waals surface area (Å²) in [6, 6.07) is 19.3. The Labute approximate surface area is 187 Å². The van der Waals surface area contributed by atoms with Gasteiger partial charge in [-0.25, -0.2) is 0 Å². The summed E-state index contributed by atoms with van der Waals surface area (Å²) in [5.74, 6) is 1.25. The number of nitrogens with one attached hydrogen (secondary N) is 1. The van der Waals surface area contributed by atoms with Crippen LogP contribution in [0.2, 0.25) is 5.02 Å². The fourth-order valence-electron chi connectivity index (χ4n) is 5.15. The third-order valence-electron chi connectivity index (χ3n) is 6.58. The molecular formula is C26H26ClN2O2+. The molecule has 31 heavy (non-hydrogen) atoms. The van der Waals surface area contributed by atoms with Crippen LogP contribution in [-0.2, 0) is 13.1 Å². The Hall–Kier alpha value is -2.82. The van der Waals surface area contributed by atoms with Gasteiger partial charge in [-0.2, -0.15) is 0 Å². The minimum atomic E-state index is 0.0987. The molecule has 1 saturated heterocycles. The largest absolute Gasteiger partial charge is 0.507 e. The fourth-order valence-corrected chi connectivity index (χ4v) is 5.27. The molecule has 3 heterocycles. The van der Waals surface area contributed by atoms with Crippen molar-refractivity contribution in [3.8, 4) is 5.75 Å². The summed E-state index contributed by atoms with van der Waals surface area (Å²) < 4.78 is 2.00. The molecule has 0 aliphatic carbocycles. The second-order valence-electron chi connectivity index (χ2n) is 8.78. The second-order valence-corrected chi connectivity index (χ2v) is 9.21. The van der Waals surface area contributed by atoms with Crippen molar-refractivity contribution in [2.45, 2.75) is 25.4 Å². The molecule has 1 fully saturated rings. The van der Waals surface area contributed by atoms with Gasteiger partial charge < -0.3 is 14.6 Å². The van der Waals surface area contributed by atoms with Crippen molar-refractivity contribution < 1.29 is 10.0 Å². The van der Waals surface area contributed by atoms with Crippen molar-refractivity contribution in [1.82, 2.24) is 4.57 Å². The van der Waals surface area contributed by atoms with E-state index in [1.807, 2.05) is 65.3 Å². The van der Waals surface area contributed by atoms with Gasteiger partial charge in [-0.15, -0.1) is 0 Å². The lowest BCUT2D eigenvalue weighted by Gasteiger charge is -2.40. The number of piperidine rings is 1. The monoisotopic (exact) mass is 433 g/mol. The minimum Gasteiger partial charge on any atom is -0.507 e. The number of para-hydroxylation sites is 1. The van der Waals surface area contributed by atoms with Crippen LogP contribution in [0.5, 0.6) is 5.75 Å². The van der Waals surface area contributed by atoms with Crippen LogP contribution in [0.3, 0.4) is 0 Å². The van der Waals surface area contributed by atoms with E-state index in [0.29, 0.717) is 22.6 Å². The molecule has 0 amide bonds. The van der Waals surface area contributed by atoms with Crippen LogP contribution in [0.4, 0.5) is 0 Å². The maximum atomic E-state index is 13.2. The third kappa shape index (κ3) is 4.18. The van der Waals surface area contributed by atoms with Crippen molar-refractivity contribution in [3.05, 3.63) is 98.4 Å². The first kappa shape index (κ1) is 20.1. The van der Waals surface area contributed by atoms with E-state index in [1.54, 1.807) is 6.07 Å². The molecule has 2 aliphatic rings. The molecule has 2 aromatic carbocycles. The summed E-state index contributed by atoms with van der Waals surface area (Å²) in [4.78, 5) is 14.7. The van der Waals surface area contributed by atoms with Crippen LogP contribution in [0.15, 0.2) is 65.5 Å². The van der Waals surface area contributed by atoms with E-state index in [0.717, 1.165) is 55.0 Å². The summed E-state index contributed by atoms with van der Waals surface area (Å²) in [5, 5.41) is 10.8. The Morgan fingerprint density at radius 1 is 1.03 bits per heavy atom. The third-order valence-corrected chi connectivity index (χ3v) is 6.84. The number of aromatic nitrogens is 1. The van der Waals surface area contributed by atoms with Gasteiger partial charge in [0.25, 0.3) is 5.56 Å². The molecule has 158 valence electrons. The number of hydrogen-bond donors (Lipinski definition) is 2. The molecule has 3 atom stereocenters. The fraction of sp³-hybridized carbons (Fsp3) is 0.269. The highest BCUT2D eigenvalue weighted by Crippen LogP contribution is 2.31. The average Bonchev–Trinajstić information content (AvgIpc) is 2.76. The Morgan fingerprint density at radius 3 is 2.65 bits per heavy atom. The smallest absolute Gasteiger partial charge is 0.258 e. The predicted octanol–water partition coefficient (Wildman–Crippen LogP) is 3.58. The van der Waals surface area contributed by atoms with E-state index in [4.69, 9.17) is 11.6 Å². The number of phenols is 1. The number of aromatic hydroxyl groups is 1. The van der Waals surface area contributed by atoms with Crippen LogP contribution >= 0.6 is 11.6 Å². The van der Waals surface area contributed by atoms with Crippen LogP contribution < -0.4 is 10.5 Å². The number of pyridine rings is 1. The summed E-state index contributed by atoms with van der Waals surface area (Å²) in [6.45, 7) is 3.62. The molecule has 0 radical (unpaired) electrons. The molecule has 2 aliphatic heterocycles. The molecule has 3 aromatic rings. The van der Waals surface area contributed by atoms with Crippen LogP contribution in [0.1, 0.15) is 34.7 Å². The number of rotatable bonds is 4.